The van der Waals surface area contributed by atoms with Crippen LogP contribution in [0, 0.1) is 0 Å². The Bertz CT molecular complexity index is 1320. The first-order valence-electron chi connectivity index (χ1n) is 11.8. The molecule has 0 aliphatic carbocycles. The Kier molecular flexibility index (Phi) is 7.10. The summed E-state index contributed by atoms with van der Waals surface area (Å²) in [4.78, 5) is 17.8. The highest BCUT2D eigenvalue weighted by atomic mass is 16.5. The lowest BCUT2D eigenvalue weighted by atomic mass is 9.87. The van der Waals surface area contributed by atoms with Crippen molar-refractivity contribution in [1.29, 1.82) is 0 Å². The van der Waals surface area contributed by atoms with Crippen LogP contribution >= 0.6 is 0 Å². The largest absolute Gasteiger partial charge is 0.493 e. The number of hydrogen-bond acceptors (Lipinski definition) is 4. The van der Waals surface area contributed by atoms with Gasteiger partial charge in [-0.1, -0.05) is 63.2 Å². The summed E-state index contributed by atoms with van der Waals surface area (Å²) in [5, 5.41) is 3.05. The minimum Gasteiger partial charge on any atom is -0.493 e. The van der Waals surface area contributed by atoms with Crippen molar-refractivity contribution >= 4 is 16.9 Å². The highest BCUT2D eigenvalue weighted by molar-refractivity contribution is 5.84. The molecular formula is C29H33N3O3. The second-order valence-corrected chi connectivity index (χ2v) is 9.63. The van der Waals surface area contributed by atoms with Crippen molar-refractivity contribution in [2.45, 2.75) is 39.2 Å². The maximum Gasteiger partial charge on any atom is 0.240 e. The van der Waals surface area contributed by atoms with Gasteiger partial charge in [0, 0.05) is 12.1 Å². The normalized spacial score (nSPS) is 11.5. The Labute approximate surface area is 206 Å². The molecule has 0 spiro atoms. The van der Waals surface area contributed by atoms with Gasteiger partial charge in [0.2, 0.25) is 5.91 Å². The first kappa shape index (κ1) is 24.3. The lowest BCUT2D eigenvalue weighted by Gasteiger charge is -2.19. The molecule has 0 unspecified atom stereocenters. The summed E-state index contributed by atoms with van der Waals surface area (Å²) in [5.74, 6) is 2.11. The molecule has 4 aromatic rings. The fourth-order valence-corrected chi connectivity index (χ4v) is 4.16. The molecule has 4 rings (SSSR count). The molecule has 3 aromatic carbocycles. The molecule has 0 bridgehead atoms. The van der Waals surface area contributed by atoms with Gasteiger partial charge in [-0.15, -0.1) is 0 Å². The SMILES string of the molecule is COc1ccc(CCNC(=O)Cn2c(-c3ccc(C(C)(C)C)cc3)nc3ccccc32)cc1OC. The predicted molar refractivity (Wildman–Crippen MR) is 140 cm³/mol. The highest BCUT2D eigenvalue weighted by Gasteiger charge is 2.17. The number of imidazole rings is 1. The van der Waals surface area contributed by atoms with E-state index in [0.29, 0.717) is 24.5 Å². The maximum absolute atomic E-state index is 12.9. The monoisotopic (exact) mass is 471 g/mol. The number of para-hydroxylation sites is 2. The van der Waals surface area contributed by atoms with Crippen molar-refractivity contribution in [3.05, 3.63) is 77.9 Å². The number of carbonyl (C=O) groups is 1. The number of nitrogens with zero attached hydrogens (tertiary/aromatic N) is 2. The molecule has 1 aromatic heterocycles. The van der Waals surface area contributed by atoms with Crippen LogP contribution in [0.4, 0.5) is 0 Å². The van der Waals surface area contributed by atoms with Gasteiger partial charge in [-0.25, -0.2) is 4.98 Å². The van der Waals surface area contributed by atoms with Gasteiger partial charge in [-0.05, 0) is 47.2 Å². The zero-order chi connectivity index (χ0) is 25.0. The third kappa shape index (κ3) is 5.48. The van der Waals surface area contributed by atoms with Gasteiger partial charge in [0.15, 0.2) is 11.5 Å². The third-order valence-corrected chi connectivity index (χ3v) is 6.15. The minimum absolute atomic E-state index is 0.0545. The molecule has 0 saturated heterocycles. The fourth-order valence-electron chi connectivity index (χ4n) is 4.16. The van der Waals surface area contributed by atoms with E-state index < -0.39 is 0 Å². The van der Waals surface area contributed by atoms with Gasteiger partial charge in [0.05, 0.1) is 25.3 Å². The number of amides is 1. The Morgan fingerprint density at radius 1 is 0.943 bits per heavy atom. The van der Waals surface area contributed by atoms with Crippen molar-refractivity contribution in [3.8, 4) is 22.9 Å². The number of fused-ring (bicyclic) bond motifs is 1. The Morgan fingerprint density at radius 2 is 1.66 bits per heavy atom. The minimum atomic E-state index is -0.0545. The molecular weight excluding hydrogens is 438 g/mol. The standard InChI is InChI=1S/C29H33N3O3/c1-29(2,3)22-13-11-21(12-14-22)28-31-23-8-6-7-9-24(23)32(28)19-27(33)30-17-16-20-10-15-25(34-4)26(18-20)35-5/h6-15,18H,16-17,19H2,1-5H3,(H,30,33). The molecule has 0 aliphatic rings. The van der Waals surface area contributed by atoms with Crippen LogP contribution in [0.3, 0.4) is 0 Å². The van der Waals surface area contributed by atoms with Crippen LogP contribution in [0.25, 0.3) is 22.4 Å². The second kappa shape index (κ2) is 10.2. The number of rotatable bonds is 8. The number of hydrogen-bond donors (Lipinski definition) is 1. The van der Waals surface area contributed by atoms with Crippen molar-refractivity contribution in [2.24, 2.45) is 0 Å². The van der Waals surface area contributed by atoms with Crippen molar-refractivity contribution < 1.29 is 14.3 Å². The number of methoxy groups -OCH3 is 2. The first-order chi connectivity index (χ1) is 16.8. The molecule has 0 atom stereocenters. The summed E-state index contributed by atoms with van der Waals surface area (Å²) in [6.45, 7) is 7.32. The van der Waals surface area contributed by atoms with E-state index in [1.165, 1.54) is 5.56 Å². The van der Waals surface area contributed by atoms with Crippen LogP contribution in [0.5, 0.6) is 11.5 Å². The summed E-state index contributed by atoms with van der Waals surface area (Å²) in [6.07, 6.45) is 0.692. The molecule has 1 heterocycles. The lowest BCUT2D eigenvalue weighted by Crippen LogP contribution is -2.29. The topological polar surface area (TPSA) is 65.4 Å². The first-order valence-corrected chi connectivity index (χ1v) is 11.8. The van der Waals surface area contributed by atoms with E-state index in [2.05, 4.69) is 50.4 Å². The average molecular weight is 472 g/mol. The van der Waals surface area contributed by atoms with Crippen LogP contribution in [0.15, 0.2) is 66.7 Å². The molecule has 1 N–H and O–H groups in total. The van der Waals surface area contributed by atoms with Gasteiger partial charge >= 0.3 is 0 Å². The van der Waals surface area contributed by atoms with Gasteiger partial charge in [-0.3, -0.25) is 4.79 Å². The number of carbonyl (C=O) groups excluding carboxylic acids is 1. The lowest BCUT2D eigenvalue weighted by molar-refractivity contribution is -0.121. The van der Waals surface area contributed by atoms with E-state index in [1.54, 1.807) is 14.2 Å². The zero-order valence-electron chi connectivity index (χ0n) is 21.1. The van der Waals surface area contributed by atoms with Gasteiger partial charge in [0.1, 0.15) is 12.4 Å². The summed E-state index contributed by atoms with van der Waals surface area (Å²) in [6, 6.07) is 22.2. The van der Waals surface area contributed by atoms with E-state index in [-0.39, 0.29) is 17.9 Å². The van der Waals surface area contributed by atoms with E-state index in [4.69, 9.17) is 14.5 Å². The van der Waals surface area contributed by atoms with Crippen LogP contribution < -0.4 is 14.8 Å². The number of nitrogens with one attached hydrogen (secondary N) is 1. The summed E-state index contributed by atoms with van der Waals surface area (Å²) < 4.78 is 12.7. The van der Waals surface area contributed by atoms with Gasteiger partial charge in [-0.2, -0.15) is 0 Å². The second-order valence-electron chi connectivity index (χ2n) is 9.63. The summed E-state index contributed by atoms with van der Waals surface area (Å²) in [5.41, 5.74) is 5.21. The van der Waals surface area contributed by atoms with Crippen LogP contribution in [-0.4, -0.2) is 36.2 Å². The number of ether oxygens (including phenoxy) is 2. The Hall–Kier alpha value is -3.80. The van der Waals surface area contributed by atoms with Crippen LogP contribution in [-0.2, 0) is 23.2 Å². The molecule has 0 fully saturated rings. The van der Waals surface area contributed by atoms with Crippen molar-refractivity contribution in [1.82, 2.24) is 14.9 Å². The fraction of sp³-hybridized carbons (Fsp3) is 0.310. The highest BCUT2D eigenvalue weighted by Crippen LogP contribution is 2.29. The van der Waals surface area contributed by atoms with E-state index >= 15 is 0 Å². The van der Waals surface area contributed by atoms with Gasteiger partial charge in [0.25, 0.3) is 0 Å². The van der Waals surface area contributed by atoms with E-state index in [0.717, 1.165) is 28.0 Å². The van der Waals surface area contributed by atoms with Gasteiger partial charge < -0.3 is 19.4 Å². The molecule has 35 heavy (non-hydrogen) atoms. The predicted octanol–water partition coefficient (Wildman–Crippen LogP) is 5.38. The molecule has 6 heteroatoms. The zero-order valence-corrected chi connectivity index (χ0v) is 21.1. The molecule has 0 aliphatic heterocycles. The summed E-state index contributed by atoms with van der Waals surface area (Å²) in [7, 11) is 3.23. The molecule has 1 amide bonds. The average Bonchev–Trinajstić information content (AvgIpc) is 3.21. The summed E-state index contributed by atoms with van der Waals surface area (Å²) >= 11 is 0. The van der Waals surface area contributed by atoms with Crippen molar-refractivity contribution in [3.63, 3.8) is 0 Å². The van der Waals surface area contributed by atoms with Crippen LogP contribution in [0.1, 0.15) is 31.9 Å². The maximum atomic E-state index is 12.9. The quantitative estimate of drug-likeness (QED) is 0.375. The smallest absolute Gasteiger partial charge is 0.240 e. The van der Waals surface area contributed by atoms with Crippen LogP contribution in [0.2, 0.25) is 0 Å². The Balaban J connectivity index is 1.50. The van der Waals surface area contributed by atoms with Crippen molar-refractivity contribution in [2.75, 3.05) is 20.8 Å². The number of benzene rings is 3. The Morgan fingerprint density at radius 3 is 2.34 bits per heavy atom. The molecule has 182 valence electrons. The van der Waals surface area contributed by atoms with E-state index in [1.807, 2.05) is 47.0 Å². The molecule has 0 saturated carbocycles. The third-order valence-electron chi connectivity index (χ3n) is 6.15. The van der Waals surface area contributed by atoms with E-state index in [9.17, 15) is 4.79 Å². The molecule has 0 radical (unpaired) electrons. The number of aromatic nitrogens is 2. The molecule has 6 nitrogen and oxygen atoms in total.